The second-order valence-corrected chi connectivity index (χ2v) is 6.73. The second kappa shape index (κ2) is 9.92. The molecule has 0 saturated carbocycles. The molecule has 2 N–H and O–H groups in total. The zero-order valence-corrected chi connectivity index (χ0v) is 16.1. The van der Waals surface area contributed by atoms with E-state index in [1.54, 1.807) is 13.1 Å². The van der Waals surface area contributed by atoms with Gasteiger partial charge < -0.3 is 15.5 Å². The molecular weight excluding hydrogens is 327 g/mol. The molecule has 2 aromatic carbocycles. The molecule has 0 amide bonds. The molecule has 0 saturated heterocycles. The van der Waals surface area contributed by atoms with Crippen molar-refractivity contribution in [2.45, 2.75) is 26.4 Å². The third-order valence-electron chi connectivity index (χ3n) is 4.17. The molecule has 5 heteroatoms. The summed E-state index contributed by atoms with van der Waals surface area (Å²) in [6.07, 6.45) is 0.825. The summed E-state index contributed by atoms with van der Waals surface area (Å²) in [5, 5.41) is 6.66. The third kappa shape index (κ3) is 6.48. The Morgan fingerprint density at radius 1 is 1.08 bits per heavy atom. The van der Waals surface area contributed by atoms with Crippen molar-refractivity contribution in [3.8, 4) is 0 Å². The van der Waals surface area contributed by atoms with Gasteiger partial charge in [-0.3, -0.25) is 4.99 Å². The summed E-state index contributed by atoms with van der Waals surface area (Å²) >= 11 is 0. The summed E-state index contributed by atoms with van der Waals surface area (Å²) < 4.78 is 13.2. The average Bonchev–Trinajstić information content (AvgIpc) is 2.59. The summed E-state index contributed by atoms with van der Waals surface area (Å²) in [4.78, 5) is 6.43. The maximum Gasteiger partial charge on any atom is 0.191 e. The first-order valence-corrected chi connectivity index (χ1v) is 8.90. The average molecular weight is 356 g/mol. The number of aliphatic imine (C=N–C) groups is 1. The van der Waals surface area contributed by atoms with E-state index < -0.39 is 0 Å². The lowest BCUT2D eigenvalue weighted by Crippen LogP contribution is -2.37. The van der Waals surface area contributed by atoms with Gasteiger partial charge in [-0.15, -0.1) is 0 Å². The minimum atomic E-state index is -0.187. The van der Waals surface area contributed by atoms with Crippen LogP contribution in [0.1, 0.15) is 22.3 Å². The fraction of sp³-hybridized carbons (Fsp3) is 0.381. The van der Waals surface area contributed by atoms with E-state index in [4.69, 9.17) is 0 Å². The summed E-state index contributed by atoms with van der Waals surface area (Å²) in [6.45, 7) is 4.33. The molecule has 0 heterocycles. The van der Waals surface area contributed by atoms with E-state index in [1.807, 2.05) is 13.0 Å². The van der Waals surface area contributed by atoms with Crippen LogP contribution in [0.15, 0.2) is 47.5 Å². The first kappa shape index (κ1) is 19.9. The summed E-state index contributed by atoms with van der Waals surface area (Å²) in [5.74, 6) is 0.580. The molecule has 140 valence electrons. The minimum absolute atomic E-state index is 0.187. The highest BCUT2D eigenvalue weighted by Gasteiger charge is 2.03. The highest BCUT2D eigenvalue weighted by atomic mass is 19.1. The Hall–Kier alpha value is -2.40. The number of aryl methyl sites for hydroxylation is 1. The summed E-state index contributed by atoms with van der Waals surface area (Å²) in [5.41, 5.74) is 4.64. The van der Waals surface area contributed by atoms with Crippen LogP contribution in [0.4, 0.5) is 4.39 Å². The fourth-order valence-corrected chi connectivity index (χ4v) is 2.86. The van der Waals surface area contributed by atoms with Crippen LogP contribution in [0, 0.1) is 12.7 Å². The number of benzene rings is 2. The molecule has 4 nitrogen and oxygen atoms in total. The van der Waals surface area contributed by atoms with Crippen molar-refractivity contribution in [3.63, 3.8) is 0 Å². The standard InChI is InChI=1S/C21H29FN4/c1-16-12-20(22)9-8-19(16)10-11-24-21(23-2)25-14-17-6-5-7-18(13-17)15-26(3)4/h5-9,12-13H,10-11,14-15H2,1-4H3,(H2,23,24,25). The Morgan fingerprint density at radius 3 is 2.54 bits per heavy atom. The van der Waals surface area contributed by atoms with E-state index in [1.165, 1.54) is 17.2 Å². The van der Waals surface area contributed by atoms with Crippen molar-refractivity contribution in [2.75, 3.05) is 27.7 Å². The van der Waals surface area contributed by atoms with Crippen LogP contribution in [-0.2, 0) is 19.5 Å². The first-order valence-electron chi connectivity index (χ1n) is 8.90. The lowest BCUT2D eigenvalue weighted by molar-refractivity contribution is 0.402. The monoisotopic (exact) mass is 356 g/mol. The number of rotatable bonds is 7. The Labute approximate surface area is 156 Å². The van der Waals surface area contributed by atoms with Crippen molar-refractivity contribution in [1.29, 1.82) is 0 Å². The van der Waals surface area contributed by atoms with Gasteiger partial charge >= 0.3 is 0 Å². The molecule has 0 fully saturated rings. The molecule has 0 spiro atoms. The Morgan fingerprint density at radius 2 is 1.85 bits per heavy atom. The molecule has 0 aliphatic carbocycles. The molecule has 0 aliphatic rings. The van der Waals surface area contributed by atoms with Crippen molar-refractivity contribution >= 4 is 5.96 Å². The van der Waals surface area contributed by atoms with E-state index in [0.717, 1.165) is 43.1 Å². The van der Waals surface area contributed by atoms with Crippen molar-refractivity contribution in [1.82, 2.24) is 15.5 Å². The van der Waals surface area contributed by atoms with Gasteiger partial charge in [-0.05, 0) is 61.8 Å². The second-order valence-electron chi connectivity index (χ2n) is 6.73. The quantitative estimate of drug-likeness (QED) is 0.592. The van der Waals surface area contributed by atoms with Crippen LogP contribution in [-0.4, -0.2) is 38.5 Å². The van der Waals surface area contributed by atoms with Gasteiger partial charge in [-0.2, -0.15) is 0 Å². The van der Waals surface area contributed by atoms with Gasteiger partial charge in [0.15, 0.2) is 5.96 Å². The van der Waals surface area contributed by atoms with Gasteiger partial charge in [0.05, 0.1) is 0 Å². The molecule has 2 rings (SSSR count). The van der Waals surface area contributed by atoms with E-state index in [9.17, 15) is 4.39 Å². The molecule has 0 aromatic heterocycles. The molecule has 2 aromatic rings. The number of guanidine groups is 1. The van der Waals surface area contributed by atoms with Gasteiger partial charge in [0.25, 0.3) is 0 Å². The highest BCUT2D eigenvalue weighted by molar-refractivity contribution is 5.79. The van der Waals surface area contributed by atoms with E-state index in [2.05, 4.69) is 58.9 Å². The van der Waals surface area contributed by atoms with E-state index in [-0.39, 0.29) is 5.82 Å². The molecule has 0 atom stereocenters. The predicted octanol–water partition coefficient (Wildman–Crippen LogP) is 3.10. The van der Waals surface area contributed by atoms with E-state index in [0.29, 0.717) is 0 Å². The molecular formula is C21H29FN4. The lowest BCUT2D eigenvalue weighted by Gasteiger charge is -2.14. The first-order chi connectivity index (χ1) is 12.5. The largest absolute Gasteiger partial charge is 0.356 e. The Kier molecular flexibility index (Phi) is 7.60. The van der Waals surface area contributed by atoms with Crippen molar-refractivity contribution in [2.24, 2.45) is 4.99 Å². The number of hydrogen-bond donors (Lipinski definition) is 2. The van der Waals surface area contributed by atoms with Crippen LogP contribution < -0.4 is 10.6 Å². The summed E-state index contributed by atoms with van der Waals surface area (Å²) in [7, 11) is 5.90. The van der Waals surface area contributed by atoms with Gasteiger partial charge in [0, 0.05) is 26.7 Å². The predicted molar refractivity (Wildman–Crippen MR) is 107 cm³/mol. The van der Waals surface area contributed by atoms with Crippen molar-refractivity contribution < 1.29 is 4.39 Å². The zero-order valence-electron chi connectivity index (χ0n) is 16.1. The lowest BCUT2D eigenvalue weighted by atomic mass is 10.1. The minimum Gasteiger partial charge on any atom is -0.356 e. The van der Waals surface area contributed by atoms with Crippen LogP contribution >= 0.6 is 0 Å². The maximum atomic E-state index is 13.2. The van der Waals surface area contributed by atoms with Gasteiger partial charge in [0.1, 0.15) is 5.82 Å². The molecule has 26 heavy (non-hydrogen) atoms. The van der Waals surface area contributed by atoms with Crippen LogP contribution in [0.2, 0.25) is 0 Å². The molecule has 0 radical (unpaired) electrons. The maximum absolute atomic E-state index is 13.2. The summed E-state index contributed by atoms with van der Waals surface area (Å²) in [6, 6.07) is 13.5. The smallest absolute Gasteiger partial charge is 0.191 e. The number of nitrogens with one attached hydrogen (secondary N) is 2. The van der Waals surface area contributed by atoms with E-state index >= 15 is 0 Å². The van der Waals surface area contributed by atoms with Gasteiger partial charge in [-0.25, -0.2) is 4.39 Å². The normalized spacial score (nSPS) is 11.7. The van der Waals surface area contributed by atoms with Gasteiger partial charge in [-0.1, -0.05) is 30.3 Å². The number of halogens is 1. The Balaban J connectivity index is 1.82. The zero-order chi connectivity index (χ0) is 18.9. The third-order valence-corrected chi connectivity index (χ3v) is 4.17. The number of nitrogens with zero attached hydrogens (tertiary/aromatic N) is 2. The van der Waals surface area contributed by atoms with Gasteiger partial charge in [0.2, 0.25) is 0 Å². The van der Waals surface area contributed by atoms with Crippen LogP contribution in [0.25, 0.3) is 0 Å². The highest BCUT2D eigenvalue weighted by Crippen LogP contribution is 2.10. The van der Waals surface area contributed by atoms with Crippen LogP contribution in [0.3, 0.4) is 0 Å². The van der Waals surface area contributed by atoms with Crippen LogP contribution in [0.5, 0.6) is 0 Å². The SMILES string of the molecule is CN=C(NCCc1ccc(F)cc1C)NCc1cccc(CN(C)C)c1. The molecule has 0 aliphatic heterocycles. The molecule has 0 bridgehead atoms. The van der Waals surface area contributed by atoms with Crippen molar-refractivity contribution in [3.05, 3.63) is 70.5 Å². The topological polar surface area (TPSA) is 39.7 Å². The Bertz CT molecular complexity index is 741. The fourth-order valence-electron chi connectivity index (χ4n) is 2.86. The number of hydrogen-bond acceptors (Lipinski definition) is 2. The molecule has 0 unspecified atom stereocenters.